The van der Waals surface area contributed by atoms with Crippen LogP contribution in [0.5, 0.6) is 11.5 Å². The van der Waals surface area contributed by atoms with Crippen LogP contribution in [-0.2, 0) is 16.6 Å². The number of hydrogen-bond donors (Lipinski definition) is 1. The number of ether oxygens (including phenoxy) is 2. The third-order valence-corrected chi connectivity index (χ3v) is 7.64. The van der Waals surface area contributed by atoms with Gasteiger partial charge < -0.3 is 14.8 Å². The smallest absolute Gasteiger partial charge is 0.251 e. The Hall–Kier alpha value is -2.58. The average Bonchev–Trinajstić information content (AvgIpc) is 3.65. The third-order valence-electron chi connectivity index (χ3n) is 5.75. The van der Waals surface area contributed by atoms with E-state index in [4.69, 9.17) is 9.47 Å². The second-order valence-corrected chi connectivity index (χ2v) is 10.3. The van der Waals surface area contributed by atoms with Gasteiger partial charge in [-0.3, -0.25) is 4.79 Å². The molecule has 7 nitrogen and oxygen atoms in total. The quantitative estimate of drug-likeness (QED) is 0.712. The molecule has 164 valence electrons. The van der Waals surface area contributed by atoms with Crippen LogP contribution in [0.4, 0.5) is 0 Å². The highest BCUT2D eigenvalue weighted by atomic mass is 32.2. The van der Waals surface area contributed by atoms with Crippen molar-refractivity contribution in [1.29, 1.82) is 0 Å². The molecule has 2 fully saturated rings. The Bertz CT molecular complexity index is 1080. The largest absolute Gasteiger partial charge is 0.490 e. The van der Waals surface area contributed by atoms with Crippen LogP contribution in [0, 0.1) is 0 Å². The van der Waals surface area contributed by atoms with Crippen molar-refractivity contribution in [3.05, 3.63) is 53.6 Å². The first-order chi connectivity index (χ1) is 15.0. The summed E-state index contributed by atoms with van der Waals surface area (Å²) in [6.45, 7) is 1.33. The van der Waals surface area contributed by atoms with Gasteiger partial charge in [-0.05, 0) is 55.5 Å². The zero-order valence-electron chi connectivity index (χ0n) is 17.2. The lowest BCUT2D eigenvalue weighted by molar-refractivity contribution is 0.0951. The van der Waals surface area contributed by atoms with Gasteiger partial charge in [0.15, 0.2) is 11.5 Å². The van der Waals surface area contributed by atoms with Gasteiger partial charge in [0, 0.05) is 36.7 Å². The number of carbonyl (C=O) groups is 1. The minimum Gasteiger partial charge on any atom is -0.490 e. The number of nitrogens with one attached hydrogen (secondary N) is 1. The van der Waals surface area contributed by atoms with E-state index in [1.165, 1.54) is 0 Å². The summed E-state index contributed by atoms with van der Waals surface area (Å²) in [5, 5.41) is 2.97. The number of benzene rings is 2. The fourth-order valence-corrected chi connectivity index (χ4v) is 5.34. The van der Waals surface area contributed by atoms with Crippen molar-refractivity contribution >= 4 is 15.9 Å². The number of hydrogen-bond acceptors (Lipinski definition) is 5. The van der Waals surface area contributed by atoms with Gasteiger partial charge in [-0.1, -0.05) is 12.1 Å². The Labute approximate surface area is 182 Å². The first kappa shape index (κ1) is 20.3. The molecule has 0 radical (unpaired) electrons. The van der Waals surface area contributed by atoms with Crippen LogP contribution >= 0.6 is 0 Å². The molecule has 1 amide bonds. The highest BCUT2D eigenvalue weighted by molar-refractivity contribution is 7.89. The molecular weight excluding hydrogens is 416 g/mol. The zero-order valence-corrected chi connectivity index (χ0v) is 18.1. The van der Waals surface area contributed by atoms with Gasteiger partial charge in [-0.25, -0.2) is 8.42 Å². The third kappa shape index (κ3) is 4.55. The van der Waals surface area contributed by atoms with E-state index in [1.807, 2.05) is 12.1 Å². The van der Waals surface area contributed by atoms with Crippen LogP contribution in [0.1, 0.15) is 48.0 Å². The summed E-state index contributed by atoms with van der Waals surface area (Å²) >= 11 is 0. The highest BCUT2D eigenvalue weighted by Crippen LogP contribution is 2.37. The molecule has 2 saturated carbocycles. The molecule has 2 aromatic rings. The standard InChI is InChI=1S/C23H26N2O5S/c26-23(24-18-6-7-18)17-4-2-16(3-5-17)15-25(19-8-9-19)31(27,28)20-10-11-21-22(14-20)30-13-1-12-29-21/h2-5,10-11,14,18-19H,1,6-9,12-13,15H2,(H,24,26). The maximum absolute atomic E-state index is 13.5. The molecule has 2 aromatic carbocycles. The van der Waals surface area contributed by atoms with Gasteiger partial charge in [0.1, 0.15) is 0 Å². The Morgan fingerprint density at radius 1 is 0.968 bits per heavy atom. The number of rotatable bonds is 7. The van der Waals surface area contributed by atoms with Crippen molar-refractivity contribution in [3.63, 3.8) is 0 Å². The summed E-state index contributed by atoms with van der Waals surface area (Å²) < 4.78 is 39.8. The maximum Gasteiger partial charge on any atom is 0.251 e. The lowest BCUT2D eigenvalue weighted by atomic mass is 10.1. The fourth-order valence-electron chi connectivity index (χ4n) is 3.65. The summed E-state index contributed by atoms with van der Waals surface area (Å²) in [5.41, 5.74) is 1.45. The minimum atomic E-state index is -3.70. The minimum absolute atomic E-state index is 0.00109. The van der Waals surface area contributed by atoms with Gasteiger partial charge in [0.05, 0.1) is 18.1 Å². The van der Waals surface area contributed by atoms with Crippen molar-refractivity contribution in [2.24, 2.45) is 0 Å². The molecule has 3 aliphatic rings. The van der Waals surface area contributed by atoms with Gasteiger partial charge in [-0.15, -0.1) is 0 Å². The predicted molar refractivity (Wildman–Crippen MR) is 115 cm³/mol. The van der Waals surface area contributed by atoms with E-state index in [1.54, 1.807) is 34.6 Å². The number of carbonyl (C=O) groups excluding carboxylic acids is 1. The first-order valence-corrected chi connectivity index (χ1v) is 12.3. The van der Waals surface area contributed by atoms with E-state index >= 15 is 0 Å². The Balaban J connectivity index is 1.35. The molecule has 5 rings (SSSR count). The zero-order chi connectivity index (χ0) is 21.4. The van der Waals surface area contributed by atoms with Crippen molar-refractivity contribution in [2.45, 2.75) is 55.6 Å². The molecule has 2 aliphatic carbocycles. The summed E-state index contributed by atoms with van der Waals surface area (Å²) in [6.07, 6.45) is 4.55. The van der Waals surface area contributed by atoms with Crippen molar-refractivity contribution < 1.29 is 22.7 Å². The van der Waals surface area contributed by atoms with Crippen LogP contribution in [0.15, 0.2) is 47.4 Å². The summed E-state index contributed by atoms with van der Waals surface area (Å²) in [5.74, 6) is 0.975. The molecule has 31 heavy (non-hydrogen) atoms. The fraction of sp³-hybridized carbons (Fsp3) is 0.435. The maximum atomic E-state index is 13.5. The summed E-state index contributed by atoms with van der Waals surface area (Å²) in [6, 6.07) is 12.3. The lowest BCUT2D eigenvalue weighted by Gasteiger charge is -2.22. The van der Waals surface area contributed by atoms with Crippen LogP contribution in [0.2, 0.25) is 0 Å². The molecule has 0 atom stereocenters. The molecule has 8 heteroatoms. The average molecular weight is 443 g/mol. The van der Waals surface area contributed by atoms with E-state index in [2.05, 4.69) is 5.32 Å². The first-order valence-electron chi connectivity index (χ1n) is 10.8. The van der Waals surface area contributed by atoms with Gasteiger partial charge in [0.2, 0.25) is 10.0 Å². The Morgan fingerprint density at radius 2 is 1.68 bits per heavy atom. The normalized spacial score (nSPS) is 18.5. The molecule has 0 saturated heterocycles. The summed E-state index contributed by atoms with van der Waals surface area (Å²) in [4.78, 5) is 12.4. The highest BCUT2D eigenvalue weighted by Gasteiger charge is 2.38. The molecule has 0 spiro atoms. The molecule has 0 aromatic heterocycles. The molecule has 1 heterocycles. The van der Waals surface area contributed by atoms with E-state index in [-0.39, 0.29) is 23.4 Å². The second-order valence-electron chi connectivity index (χ2n) is 8.39. The molecule has 1 N–H and O–H groups in total. The van der Waals surface area contributed by atoms with Crippen LogP contribution in [-0.4, -0.2) is 43.9 Å². The summed E-state index contributed by atoms with van der Waals surface area (Å²) in [7, 11) is -3.70. The SMILES string of the molecule is O=C(NC1CC1)c1ccc(CN(C2CC2)S(=O)(=O)c2ccc3c(c2)OCCCO3)cc1. The van der Waals surface area contributed by atoms with E-state index in [0.29, 0.717) is 36.3 Å². The van der Waals surface area contributed by atoms with Gasteiger partial charge >= 0.3 is 0 Å². The lowest BCUT2D eigenvalue weighted by Crippen LogP contribution is -2.32. The molecular formula is C23H26N2O5S. The monoisotopic (exact) mass is 442 g/mol. The molecule has 1 aliphatic heterocycles. The van der Waals surface area contributed by atoms with Crippen molar-refractivity contribution in [3.8, 4) is 11.5 Å². The topological polar surface area (TPSA) is 84.9 Å². The van der Waals surface area contributed by atoms with Crippen LogP contribution in [0.25, 0.3) is 0 Å². The van der Waals surface area contributed by atoms with Gasteiger partial charge in [0.25, 0.3) is 5.91 Å². The molecule has 0 unspecified atom stereocenters. The van der Waals surface area contributed by atoms with Crippen LogP contribution in [0.3, 0.4) is 0 Å². The van der Waals surface area contributed by atoms with E-state index in [0.717, 1.165) is 37.7 Å². The van der Waals surface area contributed by atoms with Crippen molar-refractivity contribution in [1.82, 2.24) is 9.62 Å². The van der Waals surface area contributed by atoms with Gasteiger partial charge in [-0.2, -0.15) is 4.31 Å². The number of fused-ring (bicyclic) bond motifs is 1. The number of amides is 1. The number of sulfonamides is 1. The predicted octanol–water partition coefficient (Wildman–Crippen LogP) is 3.09. The Kier molecular flexibility index (Phi) is 5.35. The number of nitrogens with zero attached hydrogens (tertiary/aromatic N) is 1. The van der Waals surface area contributed by atoms with Crippen molar-refractivity contribution in [2.75, 3.05) is 13.2 Å². The molecule has 0 bridgehead atoms. The Morgan fingerprint density at radius 3 is 2.35 bits per heavy atom. The van der Waals surface area contributed by atoms with E-state index < -0.39 is 10.0 Å². The van der Waals surface area contributed by atoms with Crippen LogP contribution < -0.4 is 14.8 Å². The second kappa shape index (κ2) is 8.16. The van der Waals surface area contributed by atoms with E-state index in [9.17, 15) is 13.2 Å².